The maximum absolute atomic E-state index is 11.7. The average molecular weight is 286 g/mol. The number of hydrogen-bond donors (Lipinski definition) is 0. The van der Waals surface area contributed by atoms with Crippen LogP contribution < -0.4 is 0 Å². The van der Waals surface area contributed by atoms with Crippen molar-refractivity contribution < 1.29 is 9.53 Å². The molecule has 0 spiro atoms. The molecule has 0 N–H and O–H groups in total. The Morgan fingerprint density at radius 3 is 2.60 bits per heavy atom. The summed E-state index contributed by atoms with van der Waals surface area (Å²) in [7, 11) is 0. The molecule has 0 unspecified atom stereocenters. The van der Waals surface area contributed by atoms with Gasteiger partial charge >= 0.3 is 5.97 Å². The van der Waals surface area contributed by atoms with Crippen molar-refractivity contribution in [2.24, 2.45) is 0 Å². The summed E-state index contributed by atoms with van der Waals surface area (Å²) in [5, 5.41) is 9.42. The van der Waals surface area contributed by atoms with Crippen molar-refractivity contribution in [1.29, 1.82) is 5.26 Å². The zero-order chi connectivity index (χ0) is 14.4. The van der Waals surface area contributed by atoms with E-state index in [9.17, 15) is 4.79 Å². The first-order chi connectivity index (χ1) is 9.67. The van der Waals surface area contributed by atoms with Crippen molar-refractivity contribution in [3.05, 3.63) is 70.2 Å². The molecule has 0 aromatic heterocycles. The van der Waals surface area contributed by atoms with E-state index in [1.165, 1.54) is 0 Å². The maximum atomic E-state index is 11.7. The van der Waals surface area contributed by atoms with Gasteiger partial charge < -0.3 is 4.74 Å². The summed E-state index contributed by atoms with van der Waals surface area (Å²) in [6.45, 7) is 0.169. The third-order valence-corrected chi connectivity index (χ3v) is 2.97. The largest absolute Gasteiger partial charge is 0.461 e. The van der Waals surface area contributed by atoms with Crippen LogP contribution in [0.15, 0.2) is 48.5 Å². The smallest absolute Gasteiger partial charge is 0.310 e. The number of nitrogens with zero attached hydrogens (tertiary/aromatic N) is 1. The average Bonchev–Trinajstić information content (AvgIpc) is 2.48. The minimum Gasteiger partial charge on any atom is -0.461 e. The second-order valence-corrected chi connectivity index (χ2v) is 4.71. The number of halogens is 1. The highest BCUT2D eigenvalue weighted by Gasteiger charge is 2.05. The van der Waals surface area contributed by atoms with Gasteiger partial charge in [0.1, 0.15) is 6.61 Å². The van der Waals surface area contributed by atoms with Gasteiger partial charge in [-0.05, 0) is 35.4 Å². The molecule has 2 rings (SSSR count). The van der Waals surface area contributed by atoms with Crippen molar-refractivity contribution in [3.8, 4) is 6.07 Å². The van der Waals surface area contributed by atoms with Gasteiger partial charge in [0.15, 0.2) is 0 Å². The van der Waals surface area contributed by atoms with E-state index in [0.717, 1.165) is 11.1 Å². The number of nitriles is 1. The van der Waals surface area contributed by atoms with Crippen LogP contribution in [-0.4, -0.2) is 5.97 Å². The van der Waals surface area contributed by atoms with E-state index in [1.54, 1.807) is 42.5 Å². The Labute approximate surface area is 122 Å². The summed E-state index contributed by atoms with van der Waals surface area (Å²) in [5.74, 6) is -0.310. The quantitative estimate of drug-likeness (QED) is 0.808. The lowest BCUT2D eigenvalue weighted by Gasteiger charge is -2.05. The van der Waals surface area contributed by atoms with Crippen LogP contribution in [0.1, 0.15) is 16.7 Å². The molecule has 0 aliphatic rings. The van der Waals surface area contributed by atoms with Crippen LogP contribution in [0.3, 0.4) is 0 Å². The molecule has 0 amide bonds. The molecule has 100 valence electrons. The molecule has 0 aliphatic heterocycles. The lowest BCUT2D eigenvalue weighted by atomic mass is 10.1. The highest BCUT2D eigenvalue weighted by Crippen LogP contribution is 2.11. The van der Waals surface area contributed by atoms with Gasteiger partial charge in [-0.3, -0.25) is 4.79 Å². The molecule has 0 bridgehead atoms. The van der Waals surface area contributed by atoms with E-state index >= 15 is 0 Å². The van der Waals surface area contributed by atoms with Crippen LogP contribution in [0.4, 0.5) is 0 Å². The van der Waals surface area contributed by atoms with Gasteiger partial charge in [0, 0.05) is 5.02 Å². The van der Waals surface area contributed by atoms with E-state index in [4.69, 9.17) is 21.6 Å². The molecule has 0 saturated carbocycles. The summed E-state index contributed by atoms with van der Waals surface area (Å²) < 4.78 is 5.18. The summed E-state index contributed by atoms with van der Waals surface area (Å²) in [6.07, 6.45) is 0.203. The van der Waals surface area contributed by atoms with Crippen LogP contribution in [0.25, 0.3) is 0 Å². The van der Waals surface area contributed by atoms with Crippen LogP contribution in [0, 0.1) is 11.3 Å². The van der Waals surface area contributed by atoms with Gasteiger partial charge in [0.2, 0.25) is 0 Å². The molecule has 2 aromatic rings. The number of rotatable bonds is 4. The molecule has 20 heavy (non-hydrogen) atoms. The van der Waals surface area contributed by atoms with Crippen LogP contribution in [0.5, 0.6) is 0 Å². The van der Waals surface area contributed by atoms with Gasteiger partial charge in [-0.15, -0.1) is 0 Å². The summed E-state index contributed by atoms with van der Waals surface area (Å²) in [4.78, 5) is 11.7. The minimum absolute atomic E-state index is 0.169. The number of benzene rings is 2. The van der Waals surface area contributed by atoms with E-state index in [0.29, 0.717) is 10.6 Å². The van der Waals surface area contributed by atoms with Gasteiger partial charge in [-0.2, -0.15) is 5.26 Å². The molecule has 4 heteroatoms. The highest BCUT2D eigenvalue weighted by atomic mass is 35.5. The van der Waals surface area contributed by atoms with E-state index < -0.39 is 0 Å². The number of hydrogen-bond acceptors (Lipinski definition) is 3. The first-order valence-electron chi connectivity index (χ1n) is 6.06. The highest BCUT2D eigenvalue weighted by molar-refractivity contribution is 6.30. The Morgan fingerprint density at radius 1 is 1.15 bits per heavy atom. The monoisotopic (exact) mass is 285 g/mol. The molecule has 0 heterocycles. The van der Waals surface area contributed by atoms with Gasteiger partial charge in [-0.1, -0.05) is 35.9 Å². The number of ether oxygens (including phenoxy) is 1. The molecule has 0 fully saturated rings. The Hall–Kier alpha value is -2.31. The standard InChI is InChI=1S/C16H12ClNO2/c17-15-6-4-12(5-7-15)9-16(19)20-11-14-3-1-2-13(8-14)10-18/h1-8H,9,11H2. The topological polar surface area (TPSA) is 50.1 Å². The predicted octanol–water partition coefficient (Wildman–Crippen LogP) is 3.50. The number of carbonyl (C=O) groups is 1. The lowest BCUT2D eigenvalue weighted by Crippen LogP contribution is -2.08. The molecule has 0 aliphatic carbocycles. The molecule has 3 nitrogen and oxygen atoms in total. The SMILES string of the molecule is N#Cc1cccc(COC(=O)Cc2ccc(Cl)cc2)c1. The Bertz CT molecular complexity index is 644. The van der Waals surface area contributed by atoms with Crippen LogP contribution in [-0.2, 0) is 22.6 Å². The molecular formula is C16H12ClNO2. The molecular weight excluding hydrogens is 274 g/mol. The molecule has 0 atom stereocenters. The third-order valence-electron chi connectivity index (χ3n) is 2.72. The Balaban J connectivity index is 1.89. The van der Waals surface area contributed by atoms with Crippen molar-refractivity contribution in [3.63, 3.8) is 0 Å². The fourth-order valence-electron chi connectivity index (χ4n) is 1.71. The van der Waals surface area contributed by atoms with Gasteiger partial charge in [-0.25, -0.2) is 0 Å². The predicted molar refractivity (Wildman–Crippen MR) is 76.1 cm³/mol. The zero-order valence-corrected chi connectivity index (χ0v) is 11.4. The normalized spacial score (nSPS) is 9.80. The summed E-state index contributed by atoms with van der Waals surface area (Å²) in [5.41, 5.74) is 2.20. The second-order valence-electron chi connectivity index (χ2n) is 4.28. The minimum atomic E-state index is -0.310. The zero-order valence-electron chi connectivity index (χ0n) is 10.7. The molecule has 0 radical (unpaired) electrons. The van der Waals surface area contributed by atoms with E-state index in [1.807, 2.05) is 12.1 Å². The third kappa shape index (κ3) is 4.11. The van der Waals surface area contributed by atoms with Gasteiger partial charge in [0.05, 0.1) is 18.1 Å². The van der Waals surface area contributed by atoms with Crippen molar-refractivity contribution in [2.45, 2.75) is 13.0 Å². The summed E-state index contributed by atoms with van der Waals surface area (Å²) in [6, 6.07) is 16.1. The van der Waals surface area contributed by atoms with E-state index in [2.05, 4.69) is 0 Å². The van der Waals surface area contributed by atoms with Crippen LogP contribution >= 0.6 is 11.6 Å². The first kappa shape index (κ1) is 14.1. The second kappa shape index (κ2) is 6.74. The van der Waals surface area contributed by atoms with Gasteiger partial charge in [0.25, 0.3) is 0 Å². The number of esters is 1. The van der Waals surface area contributed by atoms with Crippen molar-refractivity contribution in [1.82, 2.24) is 0 Å². The molecule has 0 saturated heterocycles. The Kier molecular flexibility index (Phi) is 4.75. The lowest BCUT2D eigenvalue weighted by molar-refractivity contribution is -0.144. The summed E-state index contributed by atoms with van der Waals surface area (Å²) >= 11 is 5.78. The van der Waals surface area contributed by atoms with E-state index in [-0.39, 0.29) is 19.0 Å². The number of carbonyl (C=O) groups excluding carboxylic acids is 1. The maximum Gasteiger partial charge on any atom is 0.310 e. The van der Waals surface area contributed by atoms with Crippen molar-refractivity contribution >= 4 is 17.6 Å². The fourth-order valence-corrected chi connectivity index (χ4v) is 1.84. The van der Waals surface area contributed by atoms with Crippen molar-refractivity contribution in [2.75, 3.05) is 0 Å². The fraction of sp³-hybridized carbons (Fsp3) is 0.125. The molecule has 2 aromatic carbocycles. The first-order valence-corrected chi connectivity index (χ1v) is 6.44. The van der Waals surface area contributed by atoms with Crippen LogP contribution in [0.2, 0.25) is 5.02 Å². The Morgan fingerprint density at radius 2 is 1.90 bits per heavy atom.